The number of thioether (sulfide) groups is 1. The van der Waals surface area contributed by atoms with Crippen molar-refractivity contribution in [3.8, 4) is 0 Å². The predicted molar refractivity (Wildman–Crippen MR) is 103 cm³/mol. The third kappa shape index (κ3) is 3.65. The second kappa shape index (κ2) is 7.07. The Balaban J connectivity index is 1.44. The van der Waals surface area contributed by atoms with E-state index in [0.29, 0.717) is 18.2 Å². The van der Waals surface area contributed by atoms with E-state index in [9.17, 15) is 5.21 Å². The van der Waals surface area contributed by atoms with Crippen LogP contribution in [-0.2, 0) is 0 Å². The van der Waals surface area contributed by atoms with Crippen molar-refractivity contribution < 1.29 is 0 Å². The molecule has 8 heteroatoms. The predicted octanol–water partition coefficient (Wildman–Crippen LogP) is 2.38. The van der Waals surface area contributed by atoms with Crippen molar-refractivity contribution in [2.75, 3.05) is 60.8 Å². The number of hydrogen-bond acceptors (Lipinski definition) is 8. The van der Waals surface area contributed by atoms with Crippen molar-refractivity contribution in [1.29, 1.82) is 0 Å². The quantitative estimate of drug-likeness (QED) is 0.840. The number of hydrogen-bond donors (Lipinski definition) is 1. The molecule has 0 radical (unpaired) electrons. The SMILES string of the molecule is CN1CCN(c2ccc(Nc3ncc4c(n3)SCCN4[O-])cc2)CC1. The van der Waals surface area contributed by atoms with Gasteiger partial charge >= 0.3 is 0 Å². The first-order valence-corrected chi connectivity index (χ1v) is 9.43. The van der Waals surface area contributed by atoms with E-state index in [1.807, 2.05) is 12.1 Å². The van der Waals surface area contributed by atoms with Gasteiger partial charge in [0, 0.05) is 49.9 Å². The van der Waals surface area contributed by atoms with Crippen LogP contribution in [-0.4, -0.2) is 60.4 Å². The molecule has 0 saturated carbocycles. The minimum Gasteiger partial charge on any atom is -0.758 e. The average molecular weight is 357 g/mol. The maximum absolute atomic E-state index is 11.8. The fraction of sp³-hybridized carbons (Fsp3) is 0.412. The van der Waals surface area contributed by atoms with Crippen molar-refractivity contribution in [3.63, 3.8) is 0 Å². The van der Waals surface area contributed by atoms with Crippen molar-refractivity contribution in [1.82, 2.24) is 14.9 Å². The van der Waals surface area contributed by atoms with E-state index >= 15 is 0 Å². The van der Waals surface area contributed by atoms with E-state index in [2.05, 4.69) is 44.3 Å². The first-order valence-electron chi connectivity index (χ1n) is 8.44. The lowest BCUT2D eigenvalue weighted by Gasteiger charge is -2.34. The minimum absolute atomic E-state index is 0.488. The Morgan fingerprint density at radius 1 is 1.08 bits per heavy atom. The summed E-state index contributed by atoms with van der Waals surface area (Å²) in [6.45, 7) is 4.79. The summed E-state index contributed by atoms with van der Waals surface area (Å²) in [5.74, 6) is 1.28. The number of hydroxylamine groups is 1. The molecule has 0 spiro atoms. The molecule has 132 valence electrons. The summed E-state index contributed by atoms with van der Waals surface area (Å²) >= 11 is 1.60. The van der Waals surface area contributed by atoms with Crippen molar-refractivity contribution in [3.05, 3.63) is 35.7 Å². The van der Waals surface area contributed by atoms with E-state index < -0.39 is 0 Å². The van der Waals surface area contributed by atoms with Gasteiger partial charge in [-0.3, -0.25) is 0 Å². The number of rotatable bonds is 3. The van der Waals surface area contributed by atoms with Crippen LogP contribution in [0.2, 0.25) is 0 Å². The molecule has 0 bridgehead atoms. The Morgan fingerprint density at radius 2 is 1.84 bits per heavy atom. The molecular weight excluding hydrogens is 336 g/mol. The van der Waals surface area contributed by atoms with Crippen LogP contribution in [0.25, 0.3) is 0 Å². The molecular formula is C17H21N6OS-. The van der Waals surface area contributed by atoms with Gasteiger partial charge in [-0.15, -0.1) is 11.8 Å². The van der Waals surface area contributed by atoms with Gasteiger partial charge in [0.15, 0.2) is 0 Å². The molecule has 1 aromatic heterocycles. The molecule has 1 fully saturated rings. The number of anilines is 4. The average Bonchev–Trinajstić information content (AvgIpc) is 2.63. The maximum Gasteiger partial charge on any atom is 0.228 e. The van der Waals surface area contributed by atoms with Crippen molar-refractivity contribution >= 4 is 34.8 Å². The molecule has 0 atom stereocenters. The Morgan fingerprint density at radius 3 is 2.60 bits per heavy atom. The van der Waals surface area contributed by atoms with Gasteiger partial charge in [-0.2, -0.15) is 0 Å². The third-order valence-electron chi connectivity index (χ3n) is 4.53. The number of fused-ring (bicyclic) bond motifs is 1. The Kier molecular flexibility index (Phi) is 4.65. The van der Waals surface area contributed by atoms with Gasteiger partial charge in [0.1, 0.15) is 5.03 Å². The van der Waals surface area contributed by atoms with E-state index in [4.69, 9.17) is 0 Å². The van der Waals surface area contributed by atoms with Crippen LogP contribution >= 0.6 is 11.8 Å². The highest BCUT2D eigenvalue weighted by Gasteiger charge is 2.15. The number of piperazine rings is 1. The number of aromatic nitrogens is 2. The Bertz CT molecular complexity index is 732. The summed E-state index contributed by atoms with van der Waals surface area (Å²) < 4.78 is 0. The van der Waals surface area contributed by atoms with Crippen LogP contribution in [0.5, 0.6) is 0 Å². The molecule has 1 saturated heterocycles. The fourth-order valence-corrected chi connectivity index (χ4v) is 3.90. The van der Waals surface area contributed by atoms with Crippen LogP contribution < -0.4 is 15.3 Å². The standard InChI is InChI=1S/C17H21N6OS/c1-21-6-8-22(9-7-21)14-4-2-13(3-5-14)19-17-18-12-15-16(20-17)25-11-10-23(15)24/h2-5,12H,6-11H2,1H3,(H,18,19,20)/q-1. The largest absolute Gasteiger partial charge is 0.758 e. The van der Waals surface area contributed by atoms with Gasteiger partial charge in [-0.25, -0.2) is 9.97 Å². The molecule has 2 aliphatic heterocycles. The van der Waals surface area contributed by atoms with E-state index in [-0.39, 0.29) is 0 Å². The molecule has 2 aromatic rings. The minimum atomic E-state index is 0.488. The highest BCUT2D eigenvalue weighted by molar-refractivity contribution is 7.99. The zero-order chi connectivity index (χ0) is 17.2. The topological polar surface area (TPSA) is 70.6 Å². The number of likely N-dealkylation sites (N-methyl/N-ethyl adjacent to an activating group) is 1. The summed E-state index contributed by atoms with van der Waals surface area (Å²) in [4.78, 5) is 13.5. The van der Waals surface area contributed by atoms with Crippen LogP contribution in [0.1, 0.15) is 0 Å². The second-order valence-corrected chi connectivity index (χ2v) is 7.38. The Labute approximate surface area is 151 Å². The lowest BCUT2D eigenvalue weighted by Crippen LogP contribution is -2.44. The lowest BCUT2D eigenvalue weighted by molar-refractivity contribution is 0.313. The van der Waals surface area contributed by atoms with Crippen LogP contribution in [0.3, 0.4) is 0 Å². The zero-order valence-electron chi connectivity index (χ0n) is 14.2. The summed E-state index contributed by atoms with van der Waals surface area (Å²) in [6, 6.07) is 8.34. The summed E-state index contributed by atoms with van der Waals surface area (Å²) in [5, 5.41) is 16.7. The smallest absolute Gasteiger partial charge is 0.228 e. The molecule has 0 unspecified atom stereocenters. The monoisotopic (exact) mass is 357 g/mol. The number of nitrogens with zero attached hydrogens (tertiary/aromatic N) is 5. The van der Waals surface area contributed by atoms with Gasteiger partial charge in [0.2, 0.25) is 5.95 Å². The molecule has 25 heavy (non-hydrogen) atoms. The van der Waals surface area contributed by atoms with Gasteiger partial charge in [-0.1, -0.05) is 0 Å². The van der Waals surface area contributed by atoms with Crippen LogP contribution in [0.4, 0.5) is 23.0 Å². The van der Waals surface area contributed by atoms with Gasteiger partial charge in [0.25, 0.3) is 0 Å². The zero-order valence-corrected chi connectivity index (χ0v) is 15.0. The molecule has 0 amide bonds. The molecule has 1 aromatic carbocycles. The van der Waals surface area contributed by atoms with Crippen molar-refractivity contribution in [2.45, 2.75) is 5.03 Å². The summed E-state index contributed by atoms with van der Waals surface area (Å²) in [7, 11) is 2.16. The summed E-state index contributed by atoms with van der Waals surface area (Å²) in [5.41, 5.74) is 2.74. The molecule has 1 N–H and O–H groups in total. The first-order chi connectivity index (χ1) is 12.2. The number of nitrogens with one attached hydrogen (secondary N) is 1. The van der Waals surface area contributed by atoms with Gasteiger partial charge in [0.05, 0.1) is 11.9 Å². The van der Waals surface area contributed by atoms with E-state index in [0.717, 1.165) is 47.7 Å². The second-order valence-electron chi connectivity index (χ2n) is 6.30. The molecule has 4 rings (SSSR count). The Hall–Kier alpha value is -2.03. The lowest BCUT2D eigenvalue weighted by atomic mass is 10.2. The normalized spacial score (nSPS) is 18.2. The highest BCUT2D eigenvalue weighted by Crippen LogP contribution is 2.32. The first kappa shape index (κ1) is 16.4. The molecule has 3 heterocycles. The van der Waals surface area contributed by atoms with Gasteiger partial charge in [-0.05, 0) is 31.3 Å². The molecule has 7 nitrogen and oxygen atoms in total. The highest BCUT2D eigenvalue weighted by atomic mass is 32.2. The maximum atomic E-state index is 11.8. The fourth-order valence-electron chi connectivity index (χ4n) is 2.99. The van der Waals surface area contributed by atoms with E-state index in [1.54, 1.807) is 18.0 Å². The van der Waals surface area contributed by atoms with Crippen LogP contribution in [0.15, 0.2) is 35.5 Å². The summed E-state index contributed by atoms with van der Waals surface area (Å²) in [6.07, 6.45) is 1.60. The van der Waals surface area contributed by atoms with E-state index in [1.165, 1.54) is 5.69 Å². The van der Waals surface area contributed by atoms with Crippen molar-refractivity contribution in [2.24, 2.45) is 0 Å². The molecule has 2 aliphatic rings. The third-order valence-corrected chi connectivity index (χ3v) is 5.49. The van der Waals surface area contributed by atoms with Crippen LogP contribution in [0, 0.1) is 5.21 Å². The molecule has 0 aliphatic carbocycles. The number of benzene rings is 1. The van der Waals surface area contributed by atoms with Gasteiger partial charge < -0.3 is 25.4 Å².